The van der Waals surface area contributed by atoms with E-state index in [1.165, 1.54) is 4.82 Å². The van der Waals surface area contributed by atoms with Crippen molar-refractivity contribution in [3.8, 4) is 0 Å². The van der Waals surface area contributed by atoms with Crippen molar-refractivity contribution in [1.82, 2.24) is 0 Å². The molecule has 0 unspecified atom stereocenters. The Morgan fingerprint density at radius 3 is 1.24 bits per heavy atom. The first kappa shape index (κ1) is 33.6. The van der Waals surface area contributed by atoms with Crippen LogP contribution >= 0.6 is 0 Å². The van der Waals surface area contributed by atoms with Gasteiger partial charge in [-0.05, 0) is 109 Å². The summed E-state index contributed by atoms with van der Waals surface area (Å²) in [6, 6.07) is 1.13. The van der Waals surface area contributed by atoms with E-state index in [0.29, 0.717) is 6.61 Å². The molecule has 5 nitrogen and oxygen atoms in total. The van der Waals surface area contributed by atoms with Gasteiger partial charge in [-0.15, -0.1) is 0 Å². The third kappa shape index (κ3) is 12.4. The first-order valence-electron chi connectivity index (χ1n) is 12.4. The van der Waals surface area contributed by atoms with E-state index in [1.807, 2.05) is 0 Å². The number of hydrogen-bond donors (Lipinski definition) is 0. The molecule has 0 heterocycles. The van der Waals surface area contributed by atoms with Gasteiger partial charge in [0.1, 0.15) is 0 Å². The Bertz CT molecular complexity index is 669. The summed E-state index contributed by atoms with van der Waals surface area (Å²) in [4.78, 5) is 15.0. The third-order valence-corrected chi connectivity index (χ3v) is 27.5. The molecule has 33 heavy (non-hydrogen) atoms. The molecule has 0 saturated carbocycles. The Kier molecular flexibility index (Phi) is 12.0. The molecule has 0 atom stereocenters. The number of hydrogen-bond acceptors (Lipinski definition) is 5. The summed E-state index contributed by atoms with van der Waals surface area (Å²) in [6.07, 6.45) is 0.926. The molecule has 196 valence electrons. The predicted molar refractivity (Wildman–Crippen MR) is 163 cm³/mol. The molecule has 0 aliphatic rings. The van der Waals surface area contributed by atoms with Crippen LogP contribution < -0.4 is 0 Å². The van der Waals surface area contributed by atoms with Gasteiger partial charge in [0, 0.05) is 15.4 Å². The quantitative estimate of drug-likeness (QED) is 0.119. The van der Waals surface area contributed by atoms with Crippen LogP contribution in [0.1, 0.15) is 6.42 Å². The molecule has 0 bridgehead atoms. The van der Waals surface area contributed by atoms with Gasteiger partial charge in [0.25, 0.3) is 0 Å². The summed E-state index contributed by atoms with van der Waals surface area (Å²) in [7, 11) is -12.1. The molecule has 0 N–H and O–H groups in total. The van der Waals surface area contributed by atoms with Crippen molar-refractivity contribution < 1.29 is 21.9 Å². The molecule has 0 rings (SSSR count). The lowest BCUT2D eigenvalue weighted by Crippen LogP contribution is -2.59. The van der Waals surface area contributed by atoms with Crippen LogP contribution in [0.2, 0.25) is 104 Å². The van der Waals surface area contributed by atoms with E-state index in [1.54, 1.807) is 0 Å². The summed E-state index contributed by atoms with van der Waals surface area (Å²) >= 11 is 0. The summed E-state index contributed by atoms with van der Waals surface area (Å²) in [5.41, 5.74) is 0. The Labute approximate surface area is 214 Å². The second-order valence-electron chi connectivity index (χ2n) is 13.4. The molecule has 0 aliphatic carbocycles. The normalized spacial score (nSPS) is 14.4. The van der Waals surface area contributed by atoms with E-state index < -0.39 is 49.9 Å². The van der Waals surface area contributed by atoms with E-state index in [0.717, 1.165) is 27.9 Å². The van der Waals surface area contributed by atoms with Crippen molar-refractivity contribution in [2.45, 2.75) is 111 Å². The van der Waals surface area contributed by atoms with E-state index in [4.69, 9.17) is 17.1 Å². The lowest BCUT2D eigenvalue weighted by molar-refractivity contribution is -0.138. The van der Waals surface area contributed by atoms with Crippen molar-refractivity contribution in [1.29, 1.82) is 0 Å². The molecule has 0 aromatic heterocycles. The van der Waals surface area contributed by atoms with Gasteiger partial charge in [0.05, 0.1) is 6.61 Å². The number of rotatable bonds is 13. The minimum absolute atomic E-state index is 0.186. The number of carbonyl (C=O) groups excluding carboxylic acids is 1. The van der Waals surface area contributed by atoms with Crippen molar-refractivity contribution in [3.63, 3.8) is 0 Å². The highest BCUT2D eigenvalue weighted by molar-refractivity contribution is 7.08. The molecule has 0 spiro atoms. The maximum atomic E-state index is 13.9. The first-order valence-corrected chi connectivity index (χ1v) is 32.7. The highest BCUT2D eigenvalue weighted by atomic mass is 28.5. The second-order valence-corrected chi connectivity index (χ2v) is 40.6. The van der Waals surface area contributed by atoms with Crippen molar-refractivity contribution in [2.24, 2.45) is 0 Å². The van der Waals surface area contributed by atoms with Gasteiger partial charge in [-0.25, -0.2) is 4.79 Å². The molecule has 0 radical (unpaired) electrons. The predicted octanol–water partition coefficient (Wildman–Crippen LogP) is 5.79. The van der Waals surface area contributed by atoms with Crippen LogP contribution in [-0.4, -0.2) is 72.7 Å². The minimum atomic E-state index is -2.61. The van der Waals surface area contributed by atoms with E-state index in [2.05, 4.69) is 98.2 Å². The average Bonchev–Trinajstić information content (AvgIpc) is 2.44. The van der Waals surface area contributed by atoms with Crippen molar-refractivity contribution in [2.75, 3.05) is 6.61 Å². The lowest BCUT2D eigenvalue weighted by atomic mass is 10.5. The van der Waals surface area contributed by atoms with E-state index >= 15 is 0 Å². The fraction of sp³-hybridized carbons (Fsp3) is 0.857. The molecule has 0 amide bonds. The largest absolute Gasteiger partial charge is 0.463 e. The van der Waals surface area contributed by atoms with Crippen molar-refractivity contribution >= 4 is 66.1 Å². The van der Waals surface area contributed by atoms with Crippen LogP contribution in [0.5, 0.6) is 0 Å². The Hall–Kier alpha value is 0.608. The van der Waals surface area contributed by atoms with Gasteiger partial charge < -0.3 is 17.1 Å². The van der Waals surface area contributed by atoms with Crippen LogP contribution in [0, 0.1) is 0 Å². The van der Waals surface area contributed by atoms with Gasteiger partial charge in [-0.3, -0.25) is 0 Å². The summed E-state index contributed by atoms with van der Waals surface area (Å²) < 4.78 is 26.6. The highest BCUT2D eigenvalue weighted by Gasteiger charge is 2.52. The van der Waals surface area contributed by atoms with Crippen LogP contribution in [0.3, 0.4) is 0 Å². The maximum Gasteiger partial charge on any atom is 0.331 e. The molecule has 12 heteroatoms. The minimum Gasteiger partial charge on any atom is -0.463 e. The highest BCUT2D eigenvalue weighted by Crippen LogP contribution is 2.38. The molecule has 0 aromatic carbocycles. The SMILES string of the molecule is C[Si](C)(C)O[Si](C)(C)C(C(=O)OCCC[SiH3])=C([Si](C)(C)O[Si](C)(C)C)[Si](C)(C)O[Si](C)(C)C. The zero-order valence-electron chi connectivity index (χ0n) is 24.7. The Balaban J connectivity index is 7.29. The monoisotopic (exact) mass is 582 g/mol. The van der Waals surface area contributed by atoms with Crippen molar-refractivity contribution in [3.05, 3.63) is 10.0 Å². The van der Waals surface area contributed by atoms with Gasteiger partial charge in [-0.2, -0.15) is 0 Å². The topological polar surface area (TPSA) is 54.0 Å². The zero-order chi connectivity index (χ0) is 26.7. The van der Waals surface area contributed by atoms with Crippen LogP contribution in [0.25, 0.3) is 0 Å². The number of carbonyl (C=O) groups is 1. The summed E-state index contributed by atoms with van der Waals surface area (Å²) in [5, 5.41) is 0.808. The Morgan fingerprint density at radius 2 is 0.939 bits per heavy atom. The summed E-state index contributed by atoms with van der Waals surface area (Å²) in [6.45, 7) is 33.9. The molecule has 0 fully saturated rings. The average molecular weight is 583 g/mol. The molecule has 0 aliphatic heterocycles. The van der Waals surface area contributed by atoms with Gasteiger partial charge in [-0.1, -0.05) is 6.04 Å². The maximum absolute atomic E-state index is 13.9. The van der Waals surface area contributed by atoms with Crippen LogP contribution in [-0.2, 0) is 21.9 Å². The van der Waals surface area contributed by atoms with Gasteiger partial charge in [0.2, 0.25) is 8.32 Å². The molecular formula is C21H54O5Si7. The number of esters is 1. The lowest BCUT2D eigenvalue weighted by Gasteiger charge is -2.45. The van der Waals surface area contributed by atoms with Crippen LogP contribution in [0.4, 0.5) is 0 Å². The second kappa shape index (κ2) is 11.8. The molecule has 0 saturated heterocycles. The fourth-order valence-electron chi connectivity index (χ4n) is 4.81. The summed E-state index contributed by atoms with van der Waals surface area (Å²) in [5.74, 6) is -0.186. The Morgan fingerprint density at radius 1 is 0.606 bits per heavy atom. The third-order valence-electron chi connectivity index (χ3n) is 4.68. The zero-order valence-corrected chi connectivity index (χ0v) is 32.7. The van der Waals surface area contributed by atoms with Gasteiger partial charge in [0.15, 0.2) is 41.6 Å². The first-order chi connectivity index (χ1) is 14.3. The van der Waals surface area contributed by atoms with Crippen LogP contribution in [0.15, 0.2) is 10.0 Å². The number of ether oxygens (including phenoxy) is 1. The fourth-order valence-corrected chi connectivity index (χ4v) is 37.6. The van der Waals surface area contributed by atoms with E-state index in [-0.39, 0.29) is 5.97 Å². The molecule has 0 aromatic rings. The standard InChI is InChI=1S/C21H54O5Si7/c1-28(2,3)24-31(10,11)19(20(22)23-17-16-18-27)21(32(12,13)25-29(4,5)6)33(14,15)26-30(7,8)9/h16-18H2,1-15,27H3. The molecular weight excluding hydrogens is 529 g/mol. The smallest absolute Gasteiger partial charge is 0.331 e. The van der Waals surface area contributed by atoms with E-state index in [9.17, 15) is 4.79 Å². The van der Waals surface area contributed by atoms with Gasteiger partial charge >= 0.3 is 5.97 Å².